The van der Waals surface area contributed by atoms with Gasteiger partial charge in [-0.3, -0.25) is 9.80 Å². The Hall–Kier alpha value is -1.52. The van der Waals surface area contributed by atoms with E-state index in [1.807, 2.05) is 6.07 Å². The summed E-state index contributed by atoms with van der Waals surface area (Å²) in [5.41, 5.74) is 4.14. The van der Waals surface area contributed by atoms with Crippen molar-refractivity contribution in [2.45, 2.75) is 38.8 Å². The molecule has 2 unspecified atom stereocenters. The predicted octanol–water partition coefficient (Wildman–Crippen LogP) is 3.15. The SMILES string of the molecule is CCCN1CC2Cc3c([nH]c4ccc(OC)cc34)C(C)N2C1. The highest BCUT2D eigenvalue weighted by atomic mass is 16.5. The summed E-state index contributed by atoms with van der Waals surface area (Å²) in [5, 5.41) is 1.34. The van der Waals surface area contributed by atoms with Crippen molar-refractivity contribution in [1.82, 2.24) is 14.8 Å². The highest BCUT2D eigenvalue weighted by Gasteiger charge is 2.39. The van der Waals surface area contributed by atoms with Crippen LogP contribution < -0.4 is 4.74 Å². The van der Waals surface area contributed by atoms with Crippen LogP contribution in [0, 0.1) is 0 Å². The van der Waals surface area contributed by atoms with Crippen molar-refractivity contribution in [1.29, 1.82) is 0 Å². The number of aromatic nitrogens is 1. The molecule has 2 aliphatic heterocycles. The third-order valence-corrected chi connectivity index (χ3v) is 5.34. The zero-order valence-corrected chi connectivity index (χ0v) is 13.7. The Labute approximate surface area is 132 Å². The van der Waals surface area contributed by atoms with E-state index in [2.05, 4.69) is 40.8 Å². The summed E-state index contributed by atoms with van der Waals surface area (Å²) < 4.78 is 5.41. The van der Waals surface area contributed by atoms with Gasteiger partial charge in [-0.2, -0.15) is 0 Å². The van der Waals surface area contributed by atoms with Crippen LogP contribution in [0.3, 0.4) is 0 Å². The quantitative estimate of drug-likeness (QED) is 0.945. The maximum atomic E-state index is 5.41. The Morgan fingerprint density at radius 1 is 1.36 bits per heavy atom. The number of aromatic amines is 1. The van der Waals surface area contributed by atoms with Crippen LogP contribution >= 0.6 is 0 Å². The maximum absolute atomic E-state index is 5.41. The molecule has 1 saturated heterocycles. The average Bonchev–Trinajstić information content (AvgIpc) is 3.09. The molecule has 1 N–H and O–H groups in total. The summed E-state index contributed by atoms with van der Waals surface area (Å²) in [6, 6.07) is 7.49. The second-order valence-electron chi connectivity index (χ2n) is 6.70. The van der Waals surface area contributed by atoms with E-state index < -0.39 is 0 Å². The molecule has 0 bridgehead atoms. The van der Waals surface area contributed by atoms with Crippen molar-refractivity contribution < 1.29 is 4.74 Å². The van der Waals surface area contributed by atoms with E-state index in [0.29, 0.717) is 12.1 Å². The molecule has 2 aromatic rings. The Balaban J connectivity index is 1.72. The summed E-state index contributed by atoms with van der Waals surface area (Å²) >= 11 is 0. The number of methoxy groups -OCH3 is 1. The Bertz CT molecular complexity index is 693. The highest BCUT2D eigenvalue weighted by molar-refractivity contribution is 5.86. The summed E-state index contributed by atoms with van der Waals surface area (Å²) in [6.45, 7) is 8.13. The summed E-state index contributed by atoms with van der Waals surface area (Å²) in [6.07, 6.45) is 2.38. The van der Waals surface area contributed by atoms with E-state index in [1.165, 1.54) is 41.7 Å². The number of nitrogens with zero attached hydrogens (tertiary/aromatic N) is 2. The lowest BCUT2D eigenvalue weighted by Crippen LogP contribution is -2.39. The predicted molar refractivity (Wildman–Crippen MR) is 89.3 cm³/mol. The summed E-state index contributed by atoms with van der Waals surface area (Å²) in [5.74, 6) is 0.948. The zero-order chi connectivity index (χ0) is 15.3. The molecule has 0 aliphatic carbocycles. The number of nitrogens with one attached hydrogen (secondary N) is 1. The van der Waals surface area contributed by atoms with E-state index in [4.69, 9.17) is 4.74 Å². The lowest BCUT2D eigenvalue weighted by Gasteiger charge is -2.34. The van der Waals surface area contributed by atoms with Crippen LogP contribution in [0.2, 0.25) is 0 Å². The van der Waals surface area contributed by atoms with Gasteiger partial charge >= 0.3 is 0 Å². The first-order valence-electron chi connectivity index (χ1n) is 8.37. The molecule has 0 spiro atoms. The van der Waals surface area contributed by atoms with Gasteiger partial charge in [0.25, 0.3) is 0 Å². The second kappa shape index (κ2) is 5.28. The third kappa shape index (κ3) is 2.05. The van der Waals surface area contributed by atoms with E-state index in [-0.39, 0.29) is 0 Å². The molecule has 1 fully saturated rings. The molecule has 4 heteroatoms. The second-order valence-corrected chi connectivity index (χ2v) is 6.70. The van der Waals surface area contributed by atoms with Gasteiger partial charge in [0.05, 0.1) is 13.8 Å². The van der Waals surface area contributed by atoms with Crippen LogP contribution in [0.1, 0.15) is 37.6 Å². The van der Waals surface area contributed by atoms with E-state index in [1.54, 1.807) is 7.11 Å². The molecule has 2 aliphatic rings. The lowest BCUT2D eigenvalue weighted by molar-refractivity contribution is 0.155. The van der Waals surface area contributed by atoms with E-state index in [0.717, 1.165) is 18.8 Å². The van der Waals surface area contributed by atoms with Gasteiger partial charge in [-0.25, -0.2) is 0 Å². The molecule has 3 heterocycles. The molecule has 1 aromatic heterocycles. The van der Waals surface area contributed by atoms with Crippen LogP contribution in [0.4, 0.5) is 0 Å². The van der Waals surface area contributed by atoms with Gasteiger partial charge in [-0.15, -0.1) is 0 Å². The van der Waals surface area contributed by atoms with Crippen molar-refractivity contribution in [3.63, 3.8) is 0 Å². The number of hydrogen-bond acceptors (Lipinski definition) is 3. The van der Waals surface area contributed by atoms with Gasteiger partial charge in [0.2, 0.25) is 0 Å². The fraction of sp³-hybridized carbons (Fsp3) is 0.556. The van der Waals surface area contributed by atoms with E-state index >= 15 is 0 Å². The van der Waals surface area contributed by atoms with E-state index in [9.17, 15) is 0 Å². The standard InChI is InChI=1S/C18H25N3O/c1-4-7-20-10-13-8-16-15-9-14(22-3)5-6-17(15)19-18(16)12(2)21(13)11-20/h5-6,9,12-13,19H,4,7-8,10-11H2,1-3H3. The van der Waals surface area contributed by atoms with Gasteiger partial charge in [0.1, 0.15) is 5.75 Å². The van der Waals surface area contributed by atoms with Gasteiger partial charge in [-0.05, 0) is 50.1 Å². The molecule has 2 atom stereocenters. The van der Waals surface area contributed by atoms with Gasteiger partial charge in [0, 0.05) is 35.2 Å². The maximum Gasteiger partial charge on any atom is 0.119 e. The first kappa shape index (κ1) is 14.1. The Morgan fingerprint density at radius 3 is 3.00 bits per heavy atom. The Morgan fingerprint density at radius 2 is 2.23 bits per heavy atom. The van der Waals surface area contributed by atoms with Gasteiger partial charge < -0.3 is 9.72 Å². The third-order valence-electron chi connectivity index (χ3n) is 5.34. The number of ether oxygens (including phenoxy) is 1. The fourth-order valence-electron chi connectivity index (χ4n) is 4.26. The first-order chi connectivity index (χ1) is 10.7. The molecular formula is C18H25N3O. The normalized spacial score (nSPS) is 25.4. The topological polar surface area (TPSA) is 31.5 Å². The van der Waals surface area contributed by atoms with Crippen LogP contribution in [-0.2, 0) is 6.42 Å². The molecule has 0 radical (unpaired) electrons. The van der Waals surface area contributed by atoms with Crippen molar-refractivity contribution >= 4 is 10.9 Å². The van der Waals surface area contributed by atoms with Gasteiger partial charge in [0.15, 0.2) is 0 Å². The smallest absolute Gasteiger partial charge is 0.119 e. The number of H-pyrrole nitrogens is 1. The molecule has 1 aromatic carbocycles. The van der Waals surface area contributed by atoms with Crippen LogP contribution in [0.5, 0.6) is 5.75 Å². The fourth-order valence-corrected chi connectivity index (χ4v) is 4.26. The van der Waals surface area contributed by atoms with Crippen molar-refractivity contribution in [3.05, 3.63) is 29.5 Å². The monoisotopic (exact) mass is 299 g/mol. The molecular weight excluding hydrogens is 274 g/mol. The van der Waals surface area contributed by atoms with Crippen molar-refractivity contribution in [2.24, 2.45) is 0 Å². The molecule has 0 amide bonds. The number of hydrogen-bond donors (Lipinski definition) is 1. The van der Waals surface area contributed by atoms with Crippen LogP contribution in [-0.4, -0.2) is 47.7 Å². The molecule has 118 valence electrons. The number of fused-ring (bicyclic) bond motifs is 4. The first-order valence-corrected chi connectivity index (χ1v) is 8.37. The molecule has 22 heavy (non-hydrogen) atoms. The minimum Gasteiger partial charge on any atom is -0.497 e. The minimum atomic E-state index is 0.467. The Kier molecular flexibility index (Phi) is 3.39. The van der Waals surface area contributed by atoms with Crippen LogP contribution in [0.15, 0.2) is 18.2 Å². The summed E-state index contributed by atoms with van der Waals surface area (Å²) in [4.78, 5) is 8.91. The largest absolute Gasteiger partial charge is 0.497 e. The highest BCUT2D eigenvalue weighted by Crippen LogP contribution is 2.40. The molecule has 4 rings (SSSR count). The minimum absolute atomic E-state index is 0.467. The summed E-state index contributed by atoms with van der Waals surface area (Å²) in [7, 11) is 1.74. The van der Waals surface area contributed by atoms with Crippen molar-refractivity contribution in [2.75, 3.05) is 26.9 Å². The zero-order valence-electron chi connectivity index (χ0n) is 13.7. The number of benzene rings is 1. The number of rotatable bonds is 3. The van der Waals surface area contributed by atoms with Crippen molar-refractivity contribution in [3.8, 4) is 5.75 Å². The molecule has 0 saturated carbocycles. The molecule has 4 nitrogen and oxygen atoms in total. The van der Waals surface area contributed by atoms with Crippen LogP contribution in [0.25, 0.3) is 10.9 Å². The van der Waals surface area contributed by atoms with Gasteiger partial charge in [-0.1, -0.05) is 6.92 Å². The lowest BCUT2D eigenvalue weighted by atomic mass is 9.93. The average molecular weight is 299 g/mol.